The van der Waals surface area contributed by atoms with E-state index in [9.17, 15) is 9.90 Å². The summed E-state index contributed by atoms with van der Waals surface area (Å²) in [6.45, 7) is 1.97. The van der Waals surface area contributed by atoms with E-state index in [-0.39, 0.29) is 11.7 Å². The van der Waals surface area contributed by atoms with Crippen LogP contribution in [-0.2, 0) is 19.3 Å². The number of Topliss-reactive ketones (excluding diaryl/α,β-unsaturated/α-hetero) is 1. The summed E-state index contributed by atoms with van der Waals surface area (Å²) in [5.74, 6) is 0.804. The third kappa shape index (κ3) is 2.44. The second kappa shape index (κ2) is 5.48. The number of carbonyl (C=O) groups excluding carboxylic acids is 1. The fourth-order valence-electron chi connectivity index (χ4n) is 4.14. The van der Waals surface area contributed by atoms with Crippen molar-refractivity contribution >= 4 is 5.78 Å². The van der Waals surface area contributed by atoms with Gasteiger partial charge in [0.1, 0.15) is 5.75 Å². The zero-order chi connectivity index (χ0) is 16.0. The molecule has 0 fully saturated rings. The molecule has 0 bridgehead atoms. The average Bonchev–Trinajstić information content (AvgIpc) is 2.55. The Kier molecular flexibility index (Phi) is 3.44. The van der Waals surface area contributed by atoms with Crippen molar-refractivity contribution in [1.29, 1.82) is 0 Å². The van der Waals surface area contributed by atoms with Crippen molar-refractivity contribution in [3.8, 4) is 5.75 Å². The van der Waals surface area contributed by atoms with Crippen LogP contribution >= 0.6 is 0 Å². The highest BCUT2D eigenvalue weighted by molar-refractivity contribution is 5.98. The van der Waals surface area contributed by atoms with Gasteiger partial charge < -0.3 is 5.11 Å². The molecule has 2 aromatic rings. The maximum Gasteiger partial charge on any atom is 0.165 e. The monoisotopic (exact) mass is 307 g/mol. The number of fused-ring (bicyclic) bond motifs is 2. The maximum atomic E-state index is 12.5. The summed E-state index contributed by atoms with van der Waals surface area (Å²) in [4.78, 5) is 17.1. The molecule has 23 heavy (non-hydrogen) atoms. The summed E-state index contributed by atoms with van der Waals surface area (Å²) in [6.07, 6.45) is 5.63. The first-order chi connectivity index (χ1) is 11.1. The van der Waals surface area contributed by atoms with Crippen LogP contribution in [-0.4, -0.2) is 15.9 Å². The molecule has 0 amide bonds. The van der Waals surface area contributed by atoms with Crippen LogP contribution in [0.4, 0.5) is 0 Å². The summed E-state index contributed by atoms with van der Waals surface area (Å²) in [6, 6.07) is 7.67. The quantitative estimate of drug-likeness (QED) is 0.869. The van der Waals surface area contributed by atoms with Crippen LogP contribution < -0.4 is 0 Å². The number of hydrogen-bond donors (Lipinski definition) is 1. The third-order valence-electron chi connectivity index (χ3n) is 5.27. The van der Waals surface area contributed by atoms with Gasteiger partial charge in [0.2, 0.25) is 0 Å². The van der Waals surface area contributed by atoms with E-state index in [1.807, 2.05) is 31.2 Å². The molecule has 2 aliphatic carbocycles. The summed E-state index contributed by atoms with van der Waals surface area (Å²) in [7, 11) is 0. The molecule has 1 atom stereocenters. The van der Waals surface area contributed by atoms with Gasteiger partial charge in [-0.15, -0.1) is 0 Å². The molecule has 1 heterocycles. The van der Waals surface area contributed by atoms with Crippen molar-refractivity contribution in [2.24, 2.45) is 0 Å². The van der Waals surface area contributed by atoms with E-state index in [4.69, 9.17) is 0 Å². The van der Waals surface area contributed by atoms with Gasteiger partial charge in [0.05, 0.1) is 5.69 Å². The first-order valence-corrected chi connectivity index (χ1v) is 8.47. The Morgan fingerprint density at radius 2 is 1.83 bits per heavy atom. The topological polar surface area (TPSA) is 50.2 Å². The number of hydrogen-bond acceptors (Lipinski definition) is 3. The van der Waals surface area contributed by atoms with Gasteiger partial charge >= 0.3 is 0 Å². The minimum atomic E-state index is 0.191. The van der Waals surface area contributed by atoms with Crippen LogP contribution in [0.3, 0.4) is 0 Å². The molecule has 4 rings (SSSR count). The van der Waals surface area contributed by atoms with Gasteiger partial charge in [-0.05, 0) is 79.8 Å². The molecule has 118 valence electrons. The fourth-order valence-corrected chi connectivity index (χ4v) is 4.14. The van der Waals surface area contributed by atoms with Gasteiger partial charge in [-0.25, -0.2) is 0 Å². The van der Waals surface area contributed by atoms with Gasteiger partial charge in [-0.3, -0.25) is 9.78 Å². The van der Waals surface area contributed by atoms with Crippen LogP contribution in [0.2, 0.25) is 0 Å². The first kappa shape index (κ1) is 14.4. The number of pyridine rings is 1. The summed E-state index contributed by atoms with van der Waals surface area (Å²) in [5.41, 5.74) is 6.32. The zero-order valence-corrected chi connectivity index (χ0v) is 13.4. The lowest BCUT2D eigenvalue weighted by molar-refractivity contribution is 0.0963. The van der Waals surface area contributed by atoms with Crippen molar-refractivity contribution in [3.63, 3.8) is 0 Å². The first-order valence-electron chi connectivity index (χ1n) is 8.47. The molecule has 1 aromatic carbocycles. The van der Waals surface area contributed by atoms with E-state index in [0.29, 0.717) is 12.2 Å². The molecule has 2 aliphatic rings. The highest BCUT2D eigenvalue weighted by Crippen LogP contribution is 2.39. The van der Waals surface area contributed by atoms with Crippen molar-refractivity contribution in [2.45, 2.75) is 51.4 Å². The normalized spacial score (nSPS) is 20.0. The van der Waals surface area contributed by atoms with Crippen LogP contribution in [0, 0.1) is 6.92 Å². The van der Waals surface area contributed by atoms with Crippen molar-refractivity contribution < 1.29 is 9.90 Å². The smallest absolute Gasteiger partial charge is 0.165 e. The molecular formula is C20H21NO2. The van der Waals surface area contributed by atoms with Gasteiger partial charge in [0.15, 0.2) is 5.78 Å². The zero-order valence-electron chi connectivity index (χ0n) is 13.4. The predicted molar refractivity (Wildman–Crippen MR) is 89.1 cm³/mol. The molecule has 0 unspecified atom stereocenters. The molecule has 0 spiro atoms. The summed E-state index contributed by atoms with van der Waals surface area (Å²) in [5, 5.41) is 10.1. The Morgan fingerprint density at radius 1 is 1.04 bits per heavy atom. The van der Waals surface area contributed by atoms with E-state index in [2.05, 4.69) is 4.98 Å². The van der Waals surface area contributed by atoms with E-state index in [1.165, 1.54) is 11.1 Å². The molecule has 0 aliphatic heterocycles. The minimum Gasteiger partial charge on any atom is -0.508 e. The van der Waals surface area contributed by atoms with Gasteiger partial charge in [-0.2, -0.15) is 0 Å². The van der Waals surface area contributed by atoms with E-state index in [1.54, 1.807) is 0 Å². The van der Waals surface area contributed by atoms with Gasteiger partial charge in [0.25, 0.3) is 0 Å². The Labute approximate surface area is 136 Å². The number of phenolic OH excluding ortho intramolecular Hbond substituents is 1. The summed E-state index contributed by atoms with van der Waals surface area (Å²) < 4.78 is 0. The van der Waals surface area contributed by atoms with Crippen LogP contribution in [0.5, 0.6) is 5.75 Å². The molecule has 0 saturated carbocycles. The Hall–Kier alpha value is -2.16. The van der Waals surface area contributed by atoms with Crippen LogP contribution in [0.15, 0.2) is 24.3 Å². The minimum absolute atomic E-state index is 0.191. The number of aryl methyl sites for hydroxylation is 1. The van der Waals surface area contributed by atoms with E-state index < -0.39 is 0 Å². The molecule has 1 N–H and O–H groups in total. The molecular weight excluding hydrogens is 286 g/mol. The largest absolute Gasteiger partial charge is 0.508 e. The number of ketones is 1. The standard InChI is InChI=1S/C20H21NO2/c1-12-6-7-17-18(21-12)10-13(11-20(17)23)14-8-9-19(22)16-5-3-2-4-15(14)16/h6-9,13,22H,2-5,10-11H2,1H3/t13-/m0/s1. The summed E-state index contributed by atoms with van der Waals surface area (Å²) >= 11 is 0. The van der Waals surface area contributed by atoms with Gasteiger partial charge in [0, 0.05) is 17.7 Å². The fraction of sp³-hybridized carbons (Fsp3) is 0.400. The van der Waals surface area contributed by atoms with Gasteiger partial charge in [-0.1, -0.05) is 6.07 Å². The van der Waals surface area contributed by atoms with Crippen LogP contribution in [0.25, 0.3) is 0 Å². The Balaban J connectivity index is 1.77. The van der Waals surface area contributed by atoms with Crippen molar-refractivity contribution in [2.75, 3.05) is 0 Å². The van der Waals surface area contributed by atoms with Crippen LogP contribution in [0.1, 0.15) is 63.6 Å². The number of aromatic hydroxyl groups is 1. The lowest BCUT2D eigenvalue weighted by Crippen LogP contribution is -2.22. The second-order valence-electron chi connectivity index (χ2n) is 6.81. The third-order valence-corrected chi connectivity index (χ3v) is 5.27. The number of benzene rings is 1. The Bertz CT molecular complexity index is 794. The SMILES string of the molecule is Cc1ccc2c(n1)C[C@H](c1ccc(O)c3c1CCCC3)CC2=O. The molecule has 0 saturated heterocycles. The predicted octanol–water partition coefficient (Wildman–Crippen LogP) is 3.89. The number of carbonyl (C=O) groups is 1. The Morgan fingerprint density at radius 3 is 2.65 bits per heavy atom. The molecule has 3 heteroatoms. The molecule has 1 aromatic heterocycles. The number of phenols is 1. The highest BCUT2D eigenvalue weighted by Gasteiger charge is 2.30. The lowest BCUT2D eigenvalue weighted by atomic mass is 9.76. The maximum absolute atomic E-state index is 12.5. The second-order valence-corrected chi connectivity index (χ2v) is 6.81. The van der Waals surface area contributed by atoms with Crippen molar-refractivity contribution in [3.05, 3.63) is 57.9 Å². The van der Waals surface area contributed by atoms with E-state index >= 15 is 0 Å². The average molecular weight is 307 g/mol. The number of rotatable bonds is 1. The lowest BCUT2D eigenvalue weighted by Gasteiger charge is -2.28. The van der Waals surface area contributed by atoms with E-state index in [0.717, 1.165) is 54.6 Å². The number of aromatic nitrogens is 1. The molecule has 3 nitrogen and oxygen atoms in total. The number of nitrogens with zero attached hydrogens (tertiary/aromatic N) is 1. The van der Waals surface area contributed by atoms with Crippen molar-refractivity contribution in [1.82, 2.24) is 4.98 Å². The highest BCUT2D eigenvalue weighted by atomic mass is 16.3. The molecule has 0 radical (unpaired) electrons.